The van der Waals surface area contributed by atoms with Crippen LogP contribution < -0.4 is 0 Å². The molecule has 0 N–H and O–H groups in total. The quantitative estimate of drug-likeness (QED) is 0.705. The Kier molecular flexibility index (Phi) is 2.97. The van der Waals surface area contributed by atoms with Crippen molar-refractivity contribution in [1.82, 2.24) is 4.90 Å². The zero-order valence-electron chi connectivity index (χ0n) is 10.4. The van der Waals surface area contributed by atoms with Gasteiger partial charge in [0.05, 0.1) is 6.04 Å². The molecule has 3 fully saturated rings. The maximum absolute atomic E-state index is 11.6. The van der Waals surface area contributed by atoms with Crippen LogP contribution in [0.5, 0.6) is 0 Å². The summed E-state index contributed by atoms with van der Waals surface area (Å²) in [6.07, 6.45) is 4.09. The summed E-state index contributed by atoms with van der Waals surface area (Å²) >= 11 is -0.486. The van der Waals surface area contributed by atoms with Gasteiger partial charge in [0.25, 0.3) is 0 Å². The first-order valence-corrected chi connectivity index (χ1v) is 8.13. The fourth-order valence-corrected chi connectivity index (χ4v) is 5.46. The van der Waals surface area contributed by atoms with Gasteiger partial charge in [0.2, 0.25) is 0 Å². The zero-order valence-corrected chi connectivity index (χ0v) is 11.2. The van der Waals surface area contributed by atoms with Gasteiger partial charge in [-0.05, 0) is 41.8 Å². The van der Waals surface area contributed by atoms with E-state index in [1.807, 2.05) is 0 Å². The van der Waals surface area contributed by atoms with Crippen molar-refractivity contribution in [3.8, 4) is 0 Å². The summed E-state index contributed by atoms with van der Waals surface area (Å²) in [5.41, 5.74) is 0. The maximum atomic E-state index is 11.6. The highest BCUT2D eigenvalue weighted by Gasteiger charge is 2.48. The molecule has 0 unspecified atom stereocenters. The average molecular weight is 241 g/mol. The second kappa shape index (κ2) is 4.18. The third-order valence-corrected chi connectivity index (χ3v) is 6.72. The van der Waals surface area contributed by atoms with Gasteiger partial charge in [-0.15, -0.1) is 0 Å². The van der Waals surface area contributed by atoms with Crippen LogP contribution in [0, 0.1) is 17.8 Å². The lowest BCUT2D eigenvalue weighted by molar-refractivity contribution is 0.0922. The SMILES string of the molecule is CC(C)[C@H]1C[C@@H](CN2C[C@@H]3C[C@H]2C[S@@+]3[O-])C1. The smallest absolute Gasteiger partial charge is 0.130 e. The number of fused-ring (bicyclic) bond motifs is 2. The Morgan fingerprint density at radius 1 is 1.31 bits per heavy atom. The van der Waals surface area contributed by atoms with Gasteiger partial charge in [0.15, 0.2) is 0 Å². The van der Waals surface area contributed by atoms with Crippen LogP contribution in [-0.4, -0.2) is 39.6 Å². The van der Waals surface area contributed by atoms with Gasteiger partial charge < -0.3 is 4.55 Å². The molecule has 0 aromatic rings. The van der Waals surface area contributed by atoms with E-state index in [9.17, 15) is 4.55 Å². The minimum atomic E-state index is -0.486. The minimum Gasteiger partial charge on any atom is -0.616 e. The van der Waals surface area contributed by atoms with Crippen LogP contribution in [-0.2, 0) is 11.2 Å². The molecule has 92 valence electrons. The third kappa shape index (κ3) is 1.91. The van der Waals surface area contributed by atoms with Crippen molar-refractivity contribution >= 4 is 11.2 Å². The van der Waals surface area contributed by atoms with Gasteiger partial charge in [-0.1, -0.05) is 13.8 Å². The molecule has 2 nitrogen and oxygen atoms in total. The van der Waals surface area contributed by atoms with Gasteiger partial charge in [-0.25, -0.2) is 0 Å². The Labute approximate surface area is 102 Å². The summed E-state index contributed by atoms with van der Waals surface area (Å²) in [7, 11) is 0. The van der Waals surface area contributed by atoms with Crippen molar-refractivity contribution in [2.45, 2.75) is 44.4 Å². The largest absolute Gasteiger partial charge is 0.616 e. The van der Waals surface area contributed by atoms with Crippen LogP contribution in [0.15, 0.2) is 0 Å². The average Bonchev–Trinajstić information content (AvgIpc) is 2.68. The highest BCUT2D eigenvalue weighted by Crippen LogP contribution is 2.41. The van der Waals surface area contributed by atoms with E-state index in [2.05, 4.69) is 18.7 Å². The fraction of sp³-hybridized carbons (Fsp3) is 1.00. The summed E-state index contributed by atoms with van der Waals surface area (Å²) in [5, 5.41) is 0.519. The lowest BCUT2D eigenvalue weighted by atomic mass is 9.69. The van der Waals surface area contributed by atoms with Crippen molar-refractivity contribution in [1.29, 1.82) is 0 Å². The Morgan fingerprint density at radius 2 is 2.06 bits per heavy atom. The van der Waals surface area contributed by atoms with Gasteiger partial charge in [0.1, 0.15) is 11.0 Å². The normalized spacial score (nSPS) is 47.6. The maximum Gasteiger partial charge on any atom is 0.130 e. The third-order valence-electron chi connectivity index (χ3n) is 4.93. The molecule has 3 heteroatoms. The molecule has 0 aromatic carbocycles. The molecular formula is C13H23NOS. The molecule has 3 atom stereocenters. The molecule has 2 bridgehead atoms. The summed E-state index contributed by atoms with van der Waals surface area (Å²) in [6, 6.07) is 0.670. The zero-order chi connectivity index (χ0) is 11.3. The van der Waals surface area contributed by atoms with Crippen LogP contribution in [0.25, 0.3) is 0 Å². The second-order valence-corrected chi connectivity index (χ2v) is 8.12. The number of hydrogen-bond donors (Lipinski definition) is 0. The summed E-state index contributed by atoms with van der Waals surface area (Å²) in [6.45, 7) is 7.12. The van der Waals surface area contributed by atoms with Crippen molar-refractivity contribution in [2.75, 3.05) is 18.8 Å². The highest BCUT2D eigenvalue weighted by molar-refractivity contribution is 7.92. The standard InChI is InChI=1S/C13H23NOS/c1-9(2)11-3-10(4-11)6-14-7-13-5-12(14)8-16(13)15/h9-13H,3-8H2,1-2H3/t10-,11+,12-,13-,16+/m0/s1. The van der Waals surface area contributed by atoms with E-state index in [-0.39, 0.29) is 0 Å². The van der Waals surface area contributed by atoms with E-state index in [0.717, 1.165) is 30.1 Å². The molecule has 3 aliphatic rings. The molecule has 2 saturated heterocycles. The van der Waals surface area contributed by atoms with Crippen LogP contribution in [0.2, 0.25) is 0 Å². The van der Waals surface area contributed by atoms with Crippen molar-refractivity contribution < 1.29 is 4.55 Å². The summed E-state index contributed by atoms with van der Waals surface area (Å²) < 4.78 is 11.6. The first-order valence-electron chi connectivity index (χ1n) is 6.74. The molecule has 0 amide bonds. The second-order valence-electron chi connectivity index (χ2n) is 6.35. The van der Waals surface area contributed by atoms with E-state index >= 15 is 0 Å². The van der Waals surface area contributed by atoms with Crippen molar-refractivity contribution in [3.63, 3.8) is 0 Å². The van der Waals surface area contributed by atoms with Gasteiger partial charge in [-0.3, -0.25) is 4.90 Å². The van der Waals surface area contributed by atoms with Gasteiger partial charge >= 0.3 is 0 Å². The molecule has 1 aliphatic carbocycles. The number of likely N-dealkylation sites (tertiary alicyclic amines) is 1. The minimum absolute atomic E-state index is 0.486. The number of nitrogens with zero attached hydrogens (tertiary/aromatic N) is 1. The van der Waals surface area contributed by atoms with Gasteiger partial charge in [0, 0.05) is 19.5 Å². The monoisotopic (exact) mass is 241 g/mol. The number of hydrogen-bond acceptors (Lipinski definition) is 2. The lowest BCUT2D eigenvalue weighted by Crippen LogP contribution is -2.45. The van der Waals surface area contributed by atoms with Gasteiger partial charge in [-0.2, -0.15) is 0 Å². The molecule has 0 spiro atoms. The van der Waals surface area contributed by atoms with E-state index in [4.69, 9.17) is 0 Å². The molecular weight excluding hydrogens is 218 g/mol. The molecule has 3 rings (SSSR count). The van der Waals surface area contributed by atoms with Crippen LogP contribution in [0.4, 0.5) is 0 Å². The molecule has 2 aliphatic heterocycles. The van der Waals surface area contributed by atoms with Crippen LogP contribution in [0.3, 0.4) is 0 Å². The Balaban J connectivity index is 1.45. The first-order chi connectivity index (χ1) is 7.63. The summed E-state index contributed by atoms with van der Waals surface area (Å²) in [4.78, 5) is 2.63. The highest BCUT2D eigenvalue weighted by atomic mass is 32.2. The first kappa shape index (κ1) is 11.4. The van der Waals surface area contributed by atoms with Crippen molar-refractivity contribution in [2.24, 2.45) is 17.8 Å². The molecule has 16 heavy (non-hydrogen) atoms. The number of rotatable bonds is 3. The lowest BCUT2D eigenvalue weighted by Gasteiger charge is -2.41. The Bertz CT molecular complexity index is 263. The molecule has 2 heterocycles. The Morgan fingerprint density at radius 3 is 2.56 bits per heavy atom. The van der Waals surface area contributed by atoms with E-state index in [1.165, 1.54) is 25.8 Å². The molecule has 0 radical (unpaired) electrons. The Hall–Kier alpha value is 0.270. The van der Waals surface area contributed by atoms with E-state index in [0.29, 0.717) is 11.3 Å². The van der Waals surface area contributed by atoms with Crippen LogP contribution in [0.1, 0.15) is 33.1 Å². The predicted octanol–water partition coefficient (Wildman–Crippen LogP) is 1.87. The fourth-order valence-electron chi connectivity index (χ4n) is 3.66. The molecule has 0 aromatic heterocycles. The predicted molar refractivity (Wildman–Crippen MR) is 67.8 cm³/mol. The van der Waals surface area contributed by atoms with Crippen LogP contribution >= 0.6 is 0 Å². The molecule has 1 saturated carbocycles. The van der Waals surface area contributed by atoms with E-state index in [1.54, 1.807) is 0 Å². The topological polar surface area (TPSA) is 26.3 Å². The summed E-state index contributed by atoms with van der Waals surface area (Å²) in [5.74, 6) is 3.77. The van der Waals surface area contributed by atoms with E-state index < -0.39 is 11.2 Å². The van der Waals surface area contributed by atoms with Crippen molar-refractivity contribution in [3.05, 3.63) is 0 Å².